The molecule has 0 aliphatic rings. The van der Waals surface area contributed by atoms with Gasteiger partial charge in [-0.3, -0.25) is 9.59 Å². The van der Waals surface area contributed by atoms with Gasteiger partial charge in [0.1, 0.15) is 12.7 Å². The monoisotopic (exact) mass is 335 g/mol. The molecule has 2 N–H and O–H groups in total. The SMILES string of the molecule is O=C(NCCNC(=O)c1ccc(-n2cncn2)cc1)c1ccccc1. The zero-order valence-corrected chi connectivity index (χ0v) is 13.4. The molecule has 0 saturated carbocycles. The summed E-state index contributed by atoms with van der Waals surface area (Å²) in [5, 5.41) is 9.56. The minimum absolute atomic E-state index is 0.160. The fraction of sp³-hybridized carbons (Fsp3) is 0.111. The lowest BCUT2D eigenvalue weighted by Crippen LogP contribution is -2.34. The standard InChI is InChI=1S/C18H17N5O2/c24-17(14-4-2-1-3-5-14)20-10-11-21-18(25)15-6-8-16(9-7-15)23-13-19-12-22-23/h1-9,12-13H,10-11H2,(H,20,24)(H,21,25). The maximum absolute atomic E-state index is 12.1. The van der Waals surface area contributed by atoms with Gasteiger partial charge in [0.2, 0.25) is 0 Å². The van der Waals surface area contributed by atoms with Crippen LogP contribution in [0.15, 0.2) is 67.3 Å². The summed E-state index contributed by atoms with van der Waals surface area (Å²) in [6.45, 7) is 0.707. The van der Waals surface area contributed by atoms with Gasteiger partial charge in [-0.1, -0.05) is 18.2 Å². The molecule has 0 bridgehead atoms. The fourth-order valence-corrected chi connectivity index (χ4v) is 2.25. The molecular weight excluding hydrogens is 318 g/mol. The van der Waals surface area contributed by atoms with Crippen LogP contribution in [0.4, 0.5) is 0 Å². The summed E-state index contributed by atoms with van der Waals surface area (Å²) in [6.07, 6.45) is 3.04. The van der Waals surface area contributed by atoms with Crippen molar-refractivity contribution >= 4 is 11.8 Å². The Labute approximate surface area is 144 Å². The van der Waals surface area contributed by atoms with Gasteiger partial charge in [0.25, 0.3) is 11.8 Å². The van der Waals surface area contributed by atoms with Crippen molar-refractivity contribution in [1.29, 1.82) is 0 Å². The lowest BCUT2D eigenvalue weighted by molar-refractivity contribution is 0.0927. The minimum atomic E-state index is -0.195. The van der Waals surface area contributed by atoms with Crippen LogP contribution in [0.1, 0.15) is 20.7 Å². The van der Waals surface area contributed by atoms with Crippen LogP contribution in [0.25, 0.3) is 5.69 Å². The van der Waals surface area contributed by atoms with Crippen LogP contribution in [-0.4, -0.2) is 39.7 Å². The van der Waals surface area contributed by atoms with E-state index >= 15 is 0 Å². The number of hydrogen-bond acceptors (Lipinski definition) is 4. The molecule has 0 unspecified atom stereocenters. The highest BCUT2D eigenvalue weighted by molar-refractivity contribution is 5.95. The lowest BCUT2D eigenvalue weighted by Gasteiger charge is -2.08. The normalized spacial score (nSPS) is 10.2. The van der Waals surface area contributed by atoms with E-state index < -0.39 is 0 Å². The third-order valence-corrected chi connectivity index (χ3v) is 3.54. The van der Waals surface area contributed by atoms with E-state index in [0.29, 0.717) is 24.2 Å². The van der Waals surface area contributed by atoms with Crippen LogP contribution in [0.3, 0.4) is 0 Å². The summed E-state index contributed by atoms with van der Waals surface area (Å²) < 4.78 is 1.61. The topological polar surface area (TPSA) is 88.9 Å². The van der Waals surface area contributed by atoms with Crippen LogP contribution >= 0.6 is 0 Å². The number of nitrogens with one attached hydrogen (secondary N) is 2. The van der Waals surface area contributed by atoms with Crippen molar-refractivity contribution in [2.45, 2.75) is 0 Å². The first-order valence-corrected chi connectivity index (χ1v) is 7.80. The smallest absolute Gasteiger partial charge is 0.251 e. The maximum atomic E-state index is 12.1. The van der Waals surface area contributed by atoms with Gasteiger partial charge in [-0.2, -0.15) is 5.10 Å². The minimum Gasteiger partial charge on any atom is -0.350 e. The van der Waals surface area contributed by atoms with Crippen LogP contribution < -0.4 is 10.6 Å². The van der Waals surface area contributed by atoms with Crippen LogP contribution in [-0.2, 0) is 0 Å². The van der Waals surface area contributed by atoms with Crippen molar-refractivity contribution in [2.75, 3.05) is 13.1 Å². The molecule has 0 aliphatic carbocycles. The zero-order chi connectivity index (χ0) is 17.5. The predicted octanol–water partition coefficient (Wildman–Crippen LogP) is 1.43. The highest BCUT2D eigenvalue weighted by Gasteiger charge is 2.07. The first kappa shape index (κ1) is 16.4. The second-order valence-corrected chi connectivity index (χ2v) is 5.26. The Hall–Kier alpha value is -3.48. The Kier molecular flexibility index (Phi) is 5.16. The summed E-state index contributed by atoms with van der Waals surface area (Å²) >= 11 is 0. The number of aromatic nitrogens is 3. The molecule has 1 heterocycles. The number of amides is 2. The summed E-state index contributed by atoms with van der Waals surface area (Å²) in [4.78, 5) is 27.9. The van der Waals surface area contributed by atoms with Gasteiger partial charge >= 0.3 is 0 Å². The van der Waals surface area contributed by atoms with Crippen LogP contribution in [0.2, 0.25) is 0 Å². The first-order valence-electron chi connectivity index (χ1n) is 7.80. The van der Waals surface area contributed by atoms with E-state index in [1.165, 1.54) is 6.33 Å². The number of carbonyl (C=O) groups is 2. The van der Waals surface area contributed by atoms with E-state index in [0.717, 1.165) is 5.69 Å². The third-order valence-electron chi connectivity index (χ3n) is 3.54. The molecule has 7 nitrogen and oxygen atoms in total. The first-order chi connectivity index (χ1) is 12.2. The van der Waals surface area contributed by atoms with Crippen molar-refractivity contribution in [2.24, 2.45) is 0 Å². The van der Waals surface area contributed by atoms with Crippen molar-refractivity contribution in [1.82, 2.24) is 25.4 Å². The highest BCUT2D eigenvalue weighted by atomic mass is 16.2. The average Bonchev–Trinajstić information content (AvgIpc) is 3.20. The molecule has 0 saturated heterocycles. The van der Waals surface area contributed by atoms with Crippen molar-refractivity contribution in [3.05, 3.63) is 78.4 Å². The van der Waals surface area contributed by atoms with Crippen molar-refractivity contribution < 1.29 is 9.59 Å². The van der Waals surface area contributed by atoms with E-state index in [9.17, 15) is 9.59 Å². The Balaban J connectivity index is 1.46. The highest BCUT2D eigenvalue weighted by Crippen LogP contribution is 2.07. The molecule has 126 valence electrons. The Morgan fingerprint density at radius 3 is 2.00 bits per heavy atom. The summed E-state index contributed by atoms with van der Waals surface area (Å²) in [6, 6.07) is 16.0. The second kappa shape index (κ2) is 7.87. The van der Waals surface area contributed by atoms with Gasteiger partial charge in [0.05, 0.1) is 5.69 Å². The molecule has 3 rings (SSSR count). The largest absolute Gasteiger partial charge is 0.350 e. The molecule has 0 radical (unpaired) electrons. The summed E-state index contributed by atoms with van der Waals surface area (Å²) in [5.41, 5.74) is 1.96. The quantitative estimate of drug-likeness (QED) is 0.667. The van der Waals surface area contributed by atoms with Crippen molar-refractivity contribution in [3.63, 3.8) is 0 Å². The molecule has 0 atom stereocenters. The number of hydrogen-bond donors (Lipinski definition) is 2. The molecule has 0 fully saturated rings. The van der Waals surface area contributed by atoms with E-state index in [1.54, 1.807) is 59.5 Å². The Bertz CT molecular complexity index is 830. The lowest BCUT2D eigenvalue weighted by atomic mass is 10.2. The Morgan fingerprint density at radius 2 is 1.44 bits per heavy atom. The van der Waals surface area contributed by atoms with Gasteiger partial charge in [0.15, 0.2) is 0 Å². The Morgan fingerprint density at radius 1 is 0.840 bits per heavy atom. The van der Waals surface area contributed by atoms with E-state index in [1.807, 2.05) is 6.07 Å². The average molecular weight is 335 g/mol. The number of benzene rings is 2. The van der Waals surface area contributed by atoms with Gasteiger partial charge in [-0.05, 0) is 36.4 Å². The summed E-state index contributed by atoms with van der Waals surface area (Å²) in [5.74, 6) is -0.355. The van der Waals surface area contributed by atoms with Gasteiger partial charge in [-0.25, -0.2) is 9.67 Å². The number of nitrogens with zero attached hydrogens (tertiary/aromatic N) is 3. The van der Waals surface area contributed by atoms with E-state index in [2.05, 4.69) is 20.7 Å². The van der Waals surface area contributed by atoms with Gasteiger partial charge in [0, 0.05) is 24.2 Å². The van der Waals surface area contributed by atoms with Crippen molar-refractivity contribution in [3.8, 4) is 5.69 Å². The van der Waals surface area contributed by atoms with E-state index in [-0.39, 0.29) is 11.8 Å². The van der Waals surface area contributed by atoms with Crippen LogP contribution in [0.5, 0.6) is 0 Å². The molecule has 0 aliphatic heterocycles. The van der Waals surface area contributed by atoms with E-state index in [4.69, 9.17) is 0 Å². The summed E-state index contributed by atoms with van der Waals surface area (Å²) in [7, 11) is 0. The van der Waals surface area contributed by atoms with Gasteiger partial charge in [-0.15, -0.1) is 0 Å². The molecule has 3 aromatic rings. The molecular formula is C18H17N5O2. The molecule has 1 aromatic heterocycles. The second-order valence-electron chi connectivity index (χ2n) is 5.26. The molecule has 2 aromatic carbocycles. The molecule has 2 amide bonds. The van der Waals surface area contributed by atoms with Crippen LogP contribution in [0, 0.1) is 0 Å². The number of rotatable bonds is 6. The fourth-order valence-electron chi connectivity index (χ4n) is 2.25. The number of carbonyl (C=O) groups excluding carboxylic acids is 2. The maximum Gasteiger partial charge on any atom is 0.251 e. The molecule has 0 spiro atoms. The zero-order valence-electron chi connectivity index (χ0n) is 13.4. The molecule has 7 heteroatoms. The molecule has 25 heavy (non-hydrogen) atoms. The van der Waals surface area contributed by atoms with Gasteiger partial charge < -0.3 is 10.6 Å². The third kappa shape index (κ3) is 4.29. The predicted molar refractivity (Wildman–Crippen MR) is 92.5 cm³/mol.